The molecule has 2 aromatic carbocycles. The Kier molecular flexibility index (Phi) is 6.25. The molecule has 1 fully saturated rings. The van der Waals surface area contributed by atoms with Crippen molar-refractivity contribution in [1.29, 1.82) is 0 Å². The van der Waals surface area contributed by atoms with Crippen molar-refractivity contribution in [3.63, 3.8) is 0 Å². The van der Waals surface area contributed by atoms with Crippen LogP contribution in [-0.4, -0.2) is 11.8 Å². The fraction of sp³-hybridized carbons (Fsp3) is 0.364. The van der Waals surface area contributed by atoms with E-state index in [2.05, 4.69) is 10.6 Å². The largest absolute Gasteiger partial charge is 0.416 e. The number of hydrogen-bond acceptors (Lipinski definition) is 2. The summed E-state index contributed by atoms with van der Waals surface area (Å²) in [5.41, 5.74) is 1.61. The van der Waals surface area contributed by atoms with Gasteiger partial charge in [0.15, 0.2) is 0 Å². The zero-order chi connectivity index (χ0) is 21.0. The molecular weight excluding hydrogens is 381 g/mol. The number of halogens is 3. The Bertz CT molecular complexity index is 878. The maximum Gasteiger partial charge on any atom is 0.416 e. The minimum absolute atomic E-state index is 0.0445. The molecule has 1 aliphatic rings. The smallest absolute Gasteiger partial charge is 0.352 e. The molecule has 1 saturated carbocycles. The molecule has 0 bridgehead atoms. The summed E-state index contributed by atoms with van der Waals surface area (Å²) in [5, 5.41) is 5.69. The van der Waals surface area contributed by atoms with E-state index in [1.807, 2.05) is 25.1 Å². The van der Waals surface area contributed by atoms with Crippen molar-refractivity contribution in [3.8, 4) is 0 Å². The Morgan fingerprint density at radius 2 is 1.83 bits per heavy atom. The average Bonchev–Trinajstić information content (AvgIpc) is 3.47. The van der Waals surface area contributed by atoms with Gasteiger partial charge in [-0.2, -0.15) is 13.2 Å². The minimum atomic E-state index is -4.36. The van der Waals surface area contributed by atoms with Crippen LogP contribution >= 0.6 is 0 Å². The number of hydrogen-bond donors (Lipinski definition) is 2. The topological polar surface area (TPSA) is 58.2 Å². The summed E-state index contributed by atoms with van der Waals surface area (Å²) in [6.45, 7) is 2.26. The van der Waals surface area contributed by atoms with Crippen molar-refractivity contribution in [1.82, 2.24) is 5.32 Å². The molecule has 2 aromatic rings. The van der Waals surface area contributed by atoms with Gasteiger partial charge >= 0.3 is 6.18 Å². The van der Waals surface area contributed by atoms with Gasteiger partial charge in [0.2, 0.25) is 11.8 Å². The second-order valence-electron chi connectivity index (χ2n) is 7.28. The Hall–Kier alpha value is -2.83. The molecule has 0 spiro atoms. The highest BCUT2D eigenvalue weighted by molar-refractivity contribution is 5.90. The van der Waals surface area contributed by atoms with Gasteiger partial charge in [-0.15, -0.1) is 0 Å². The normalized spacial score (nSPS) is 18.2. The second-order valence-corrected chi connectivity index (χ2v) is 7.28. The summed E-state index contributed by atoms with van der Waals surface area (Å²) in [4.78, 5) is 24.1. The first kappa shape index (κ1) is 20.9. The van der Waals surface area contributed by atoms with Crippen LogP contribution < -0.4 is 10.6 Å². The molecule has 154 valence electrons. The first-order valence-corrected chi connectivity index (χ1v) is 9.61. The molecule has 0 saturated heterocycles. The number of rotatable bonds is 7. The molecule has 7 heteroatoms. The molecule has 3 rings (SSSR count). The fourth-order valence-corrected chi connectivity index (χ4v) is 3.30. The zero-order valence-electron chi connectivity index (χ0n) is 16.1. The van der Waals surface area contributed by atoms with Crippen LogP contribution in [0.1, 0.15) is 48.8 Å². The van der Waals surface area contributed by atoms with E-state index >= 15 is 0 Å². The van der Waals surface area contributed by atoms with E-state index in [0.717, 1.165) is 29.7 Å². The predicted molar refractivity (Wildman–Crippen MR) is 104 cm³/mol. The second kappa shape index (κ2) is 8.68. The molecule has 4 nitrogen and oxygen atoms in total. The van der Waals surface area contributed by atoms with Crippen LogP contribution in [0.25, 0.3) is 0 Å². The lowest BCUT2D eigenvalue weighted by atomic mass is 10.1. The highest BCUT2D eigenvalue weighted by Gasteiger charge is 2.44. The molecule has 2 unspecified atom stereocenters. The van der Waals surface area contributed by atoms with E-state index in [1.54, 1.807) is 6.07 Å². The van der Waals surface area contributed by atoms with Gasteiger partial charge in [-0.25, -0.2) is 0 Å². The first-order valence-electron chi connectivity index (χ1n) is 9.61. The van der Waals surface area contributed by atoms with E-state index in [1.165, 1.54) is 12.1 Å². The number of anilines is 1. The summed E-state index contributed by atoms with van der Waals surface area (Å²) in [6, 6.07) is 12.3. The highest BCUT2D eigenvalue weighted by Crippen LogP contribution is 2.48. The third-order valence-corrected chi connectivity index (χ3v) is 4.95. The fourth-order valence-electron chi connectivity index (χ4n) is 3.30. The zero-order valence-corrected chi connectivity index (χ0v) is 16.1. The van der Waals surface area contributed by atoms with Crippen molar-refractivity contribution in [2.45, 2.75) is 44.8 Å². The molecule has 0 heterocycles. The van der Waals surface area contributed by atoms with E-state index < -0.39 is 11.7 Å². The quantitative estimate of drug-likeness (QED) is 0.692. The van der Waals surface area contributed by atoms with Gasteiger partial charge in [-0.05, 0) is 54.2 Å². The van der Waals surface area contributed by atoms with E-state index in [-0.39, 0.29) is 23.7 Å². The van der Waals surface area contributed by atoms with Gasteiger partial charge in [0.25, 0.3) is 0 Å². The Balaban J connectivity index is 1.51. The maximum atomic E-state index is 12.7. The van der Waals surface area contributed by atoms with E-state index in [0.29, 0.717) is 25.1 Å². The molecule has 1 aliphatic carbocycles. The van der Waals surface area contributed by atoms with E-state index in [4.69, 9.17) is 0 Å². The number of nitrogens with one attached hydrogen (secondary N) is 2. The van der Waals surface area contributed by atoms with Crippen LogP contribution in [0.5, 0.6) is 0 Å². The van der Waals surface area contributed by atoms with Crippen LogP contribution in [0, 0.1) is 5.92 Å². The Morgan fingerprint density at radius 3 is 2.48 bits per heavy atom. The van der Waals surface area contributed by atoms with Crippen LogP contribution in [0.2, 0.25) is 0 Å². The maximum absolute atomic E-state index is 12.7. The van der Waals surface area contributed by atoms with Crippen molar-refractivity contribution >= 4 is 17.5 Å². The van der Waals surface area contributed by atoms with Crippen molar-refractivity contribution in [2.75, 3.05) is 5.32 Å². The van der Waals surface area contributed by atoms with Gasteiger partial charge in [0.05, 0.1) is 5.56 Å². The first-order chi connectivity index (χ1) is 13.8. The number of amides is 2. The summed E-state index contributed by atoms with van der Waals surface area (Å²) < 4.78 is 38.0. The lowest BCUT2D eigenvalue weighted by molar-refractivity contribution is -0.137. The van der Waals surface area contributed by atoms with Gasteiger partial charge in [0.1, 0.15) is 0 Å². The van der Waals surface area contributed by atoms with Crippen molar-refractivity contribution < 1.29 is 22.8 Å². The number of benzene rings is 2. The van der Waals surface area contributed by atoms with Crippen LogP contribution in [-0.2, 0) is 22.3 Å². The van der Waals surface area contributed by atoms with Crippen LogP contribution in [0.3, 0.4) is 0 Å². The molecule has 29 heavy (non-hydrogen) atoms. The predicted octanol–water partition coefficient (Wildman–Crippen LogP) is 4.86. The monoisotopic (exact) mass is 404 g/mol. The van der Waals surface area contributed by atoms with E-state index in [9.17, 15) is 22.8 Å². The molecular formula is C22H23F3N2O2. The Labute approximate surface area is 167 Å². The Morgan fingerprint density at radius 1 is 1.10 bits per heavy atom. The van der Waals surface area contributed by atoms with Crippen molar-refractivity contribution in [3.05, 3.63) is 65.2 Å². The highest BCUT2D eigenvalue weighted by atomic mass is 19.4. The third kappa shape index (κ3) is 5.59. The van der Waals surface area contributed by atoms with Gasteiger partial charge < -0.3 is 10.6 Å². The lowest BCUT2D eigenvalue weighted by Crippen LogP contribution is -2.25. The van der Waals surface area contributed by atoms with Crippen LogP contribution in [0.15, 0.2) is 48.5 Å². The number of alkyl halides is 3. The van der Waals surface area contributed by atoms with Gasteiger partial charge in [-0.3, -0.25) is 9.59 Å². The van der Waals surface area contributed by atoms with Gasteiger partial charge in [-0.1, -0.05) is 31.2 Å². The summed E-state index contributed by atoms with van der Waals surface area (Å²) in [5.74, 6) is -0.433. The minimum Gasteiger partial charge on any atom is -0.352 e. The SMILES string of the molecule is CCCC(=O)Nc1cccc(CNC(=O)C2CC2c2ccc(C(F)(F)F)cc2)c1. The van der Waals surface area contributed by atoms with Crippen LogP contribution in [0.4, 0.5) is 18.9 Å². The molecule has 2 amide bonds. The third-order valence-electron chi connectivity index (χ3n) is 4.95. The molecule has 0 radical (unpaired) electrons. The average molecular weight is 404 g/mol. The molecule has 2 N–H and O–H groups in total. The number of carbonyl (C=O) groups is 2. The summed E-state index contributed by atoms with van der Waals surface area (Å²) in [6.07, 6.45) is -2.51. The standard InChI is InChI=1S/C22H23F3N2O2/c1-2-4-20(28)27-17-6-3-5-14(11-17)13-26-21(29)19-12-18(19)15-7-9-16(10-8-15)22(23,24)25/h3,5-11,18-19H,2,4,12-13H2,1H3,(H,26,29)(H,27,28). The summed E-state index contributed by atoms with van der Waals surface area (Å²) >= 11 is 0. The summed E-state index contributed by atoms with van der Waals surface area (Å²) in [7, 11) is 0. The van der Waals surface area contributed by atoms with Crippen molar-refractivity contribution in [2.24, 2.45) is 5.92 Å². The molecule has 2 atom stereocenters. The molecule has 0 aromatic heterocycles. The lowest BCUT2D eigenvalue weighted by Gasteiger charge is -2.09. The number of carbonyl (C=O) groups excluding carboxylic acids is 2. The van der Waals surface area contributed by atoms with Gasteiger partial charge in [0, 0.05) is 24.6 Å². The molecule has 0 aliphatic heterocycles.